The minimum Gasteiger partial charge on any atom is -0.358 e. The standard InChI is InChI=1S/C22H18N2O3S/c1-3-17(28)18-12(2)23-21-15-6-4-5-7-16(15)22(25)20(21)19(18)13-8-10-14(11-9-13)24(26)27/h4-11,19,23H,3H2,1-2H3. The van der Waals surface area contributed by atoms with Crippen molar-refractivity contribution in [2.24, 2.45) is 0 Å². The maximum atomic E-state index is 13.3. The largest absolute Gasteiger partial charge is 0.358 e. The number of Topliss-reactive ketones (excluding diaryl/α,β-unsaturated/α-hetero) is 1. The number of fused-ring (bicyclic) bond motifs is 2. The van der Waals surface area contributed by atoms with Crippen molar-refractivity contribution in [3.8, 4) is 0 Å². The number of carbonyl (C=O) groups is 1. The van der Waals surface area contributed by atoms with Crippen molar-refractivity contribution in [1.29, 1.82) is 0 Å². The first kappa shape index (κ1) is 18.3. The Labute approximate surface area is 167 Å². The number of hydrogen-bond acceptors (Lipinski definition) is 5. The van der Waals surface area contributed by atoms with Gasteiger partial charge >= 0.3 is 0 Å². The molecule has 2 aromatic carbocycles. The molecule has 0 spiro atoms. The van der Waals surface area contributed by atoms with Gasteiger partial charge < -0.3 is 5.32 Å². The lowest BCUT2D eigenvalue weighted by molar-refractivity contribution is -0.384. The molecule has 0 amide bonds. The van der Waals surface area contributed by atoms with Gasteiger partial charge in [0, 0.05) is 45.3 Å². The molecule has 0 radical (unpaired) electrons. The Morgan fingerprint density at radius 2 is 1.79 bits per heavy atom. The average molecular weight is 390 g/mol. The highest BCUT2D eigenvalue weighted by atomic mass is 32.1. The minimum atomic E-state index is -0.424. The van der Waals surface area contributed by atoms with E-state index in [0.29, 0.717) is 17.6 Å². The van der Waals surface area contributed by atoms with Crippen molar-refractivity contribution in [3.05, 3.63) is 92.2 Å². The first-order chi connectivity index (χ1) is 13.4. The Morgan fingerprint density at radius 3 is 2.39 bits per heavy atom. The first-order valence-corrected chi connectivity index (χ1v) is 9.48. The molecule has 28 heavy (non-hydrogen) atoms. The molecular formula is C22H18N2O3S. The third-order valence-electron chi connectivity index (χ3n) is 5.31. The smallest absolute Gasteiger partial charge is 0.269 e. The highest BCUT2D eigenvalue weighted by Crippen LogP contribution is 2.47. The van der Waals surface area contributed by atoms with Crippen LogP contribution in [0.2, 0.25) is 0 Å². The van der Waals surface area contributed by atoms with Crippen molar-refractivity contribution in [3.63, 3.8) is 0 Å². The fourth-order valence-corrected chi connectivity index (χ4v) is 4.28. The van der Waals surface area contributed by atoms with Gasteiger partial charge in [0.15, 0.2) is 5.78 Å². The Kier molecular flexibility index (Phi) is 4.43. The zero-order chi connectivity index (χ0) is 20.0. The van der Waals surface area contributed by atoms with Crippen LogP contribution in [0.25, 0.3) is 5.70 Å². The third-order valence-corrected chi connectivity index (χ3v) is 5.82. The monoisotopic (exact) mass is 390 g/mol. The van der Waals surface area contributed by atoms with Crippen LogP contribution in [0.15, 0.2) is 65.4 Å². The normalized spacial score (nSPS) is 17.9. The number of benzene rings is 2. The van der Waals surface area contributed by atoms with Crippen LogP contribution in [-0.2, 0) is 0 Å². The van der Waals surface area contributed by atoms with E-state index >= 15 is 0 Å². The lowest BCUT2D eigenvalue weighted by atomic mass is 9.78. The van der Waals surface area contributed by atoms with Gasteiger partial charge in [-0.2, -0.15) is 0 Å². The van der Waals surface area contributed by atoms with Crippen molar-refractivity contribution in [2.75, 3.05) is 0 Å². The van der Waals surface area contributed by atoms with Crippen molar-refractivity contribution in [2.45, 2.75) is 26.2 Å². The topological polar surface area (TPSA) is 72.2 Å². The predicted molar refractivity (Wildman–Crippen MR) is 112 cm³/mol. The summed E-state index contributed by atoms with van der Waals surface area (Å²) in [6, 6.07) is 13.9. The van der Waals surface area contributed by atoms with E-state index < -0.39 is 4.92 Å². The lowest BCUT2D eigenvalue weighted by Crippen LogP contribution is -2.27. The van der Waals surface area contributed by atoms with Crippen LogP contribution >= 0.6 is 12.2 Å². The number of dihydropyridines is 1. The van der Waals surface area contributed by atoms with E-state index in [0.717, 1.165) is 33.0 Å². The van der Waals surface area contributed by atoms with Crippen LogP contribution in [0.3, 0.4) is 0 Å². The Hall–Kier alpha value is -3.12. The summed E-state index contributed by atoms with van der Waals surface area (Å²) in [5, 5.41) is 14.4. The molecule has 5 nitrogen and oxygen atoms in total. The summed E-state index contributed by atoms with van der Waals surface area (Å²) >= 11 is 5.64. The number of non-ortho nitro benzene ring substituents is 1. The number of ketones is 1. The van der Waals surface area contributed by atoms with Crippen LogP contribution in [0.5, 0.6) is 0 Å². The molecule has 1 unspecified atom stereocenters. The molecule has 1 N–H and O–H groups in total. The predicted octanol–water partition coefficient (Wildman–Crippen LogP) is 4.94. The number of nitro benzene ring substituents is 1. The van der Waals surface area contributed by atoms with Gasteiger partial charge in [-0.1, -0.05) is 55.5 Å². The average Bonchev–Trinajstić information content (AvgIpc) is 2.98. The number of carbonyl (C=O) groups excluding carboxylic acids is 1. The molecule has 2 aliphatic rings. The molecule has 140 valence electrons. The number of allylic oxidation sites excluding steroid dienone is 3. The molecule has 1 heterocycles. The molecule has 0 aromatic heterocycles. The fourth-order valence-electron chi connectivity index (χ4n) is 4.01. The fraction of sp³-hybridized carbons (Fsp3) is 0.182. The Bertz CT molecular complexity index is 1100. The van der Waals surface area contributed by atoms with E-state index in [9.17, 15) is 14.9 Å². The highest BCUT2D eigenvalue weighted by molar-refractivity contribution is 7.80. The van der Waals surface area contributed by atoms with E-state index in [1.807, 2.05) is 38.1 Å². The van der Waals surface area contributed by atoms with Gasteiger partial charge in [0.05, 0.1) is 10.6 Å². The quantitative estimate of drug-likeness (QED) is 0.455. The van der Waals surface area contributed by atoms with E-state index in [2.05, 4.69) is 5.32 Å². The van der Waals surface area contributed by atoms with Gasteiger partial charge in [-0.25, -0.2) is 0 Å². The highest BCUT2D eigenvalue weighted by Gasteiger charge is 2.41. The SMILES string of the molecule is CCC(=S)C1=C(C)NC2=C(C(=O)c3ccccc32)C1c1ccc([N+](=O)[O-])cc1. The zero-order valence-corrected chi connectivity index (χ0v) is 16.3. The minimum absolute atomic E-state index is 0.0215. The van der Waals surface area contributed by atoms with Gasteiger partial charge in [-0.05, 0) is 24.5 Å². The van der Waals surface area contributed by atoms with Gasteiger partial charge in [-0.3, -0.25) is 14.9 Å². The molecular weight excluding hydrogens is 372 g/mol. The molecule has 6 heteroatoms. The summed E-state index contributed by atoms with van der Waals surface area (Å²) in [5.74, 6) is -0.366. The van der Waals surface area contributed by atoms with Gasteiger partial charge in [0.1, 0.15) is 0 Å². The van der Waals surface area contributed by atoms with Crippen molar-refractivity contribution in [1.82, 2.24) is 5.32 Å². The Balaban J connectivity index is 1.92. The first-order valence-electron chi connectivity index (χ1n) is 9.07. The molecule has 4 rings (SSSR count). The molecule has 0 bridgehead atoms. The van der Waals surface area contributed by atoms with Crippen LogP contribution in [0, 0.1) is 10.1 Å². The number of rotatable bonds is 4. The number of thiocarbonyl (C=S) groups is 1. The summed E-state index contributed by atoms with van der Waals surface area (Å²) in [7, 11) is 0. The number of nitro groups is 1. The molecule has 1 aliphatic carbocycles. The van der Waals surface area contributed by atoms with E-state index in [1.54, 1.807) is 12.1 Å². The van der Waals surface area contributed by atoms with Crippen LogP contribution in [-0.4, -0.2) is 15.6 Å². The summed E-state index contributed by atoms with van der Waals surface area (Å²) in [6.07, 6.45) is 0.678. The van der Waals surface area contributed by atoms with Crippen LogP contribution in [0.1, 0.15) is 47.7 Å². The van der Waals surface area contributed by atoms with Crippen LogP contribution < -0.4 is 5.32 Å². The van der Waals surface area contributed by atoms with Gasteiger partial charge in [0.2, 0.25) is 0 Å². The van der Waals surface area contributed by atoms with Gasteiger partial charge in [0.25, 0.3) is 5.69 Å². The molecule has 1 atom stereocenters. The number of nitrogens with one attached hydrogen (secondary N) is 1. The maximum absolute atomic E-state index is 13.3. The summed E-state index contributed by atoms with van der Waals surface area (Å²) < 4.78 is 0. The number of hydrogen-bond donors (Lipinski definition) is 1. The van der Waals surface area contributed by atoms with Gasteiger partial charge in [-0.15, -0.1) is 0 Å². The van der Waals surface area contributed by atoms with Crippen LogP contribution in [0.4, 0.5) is 5.69 Å². The zero-order valence-electron chi connectivity index (χ0n) is 15.5. The second-order valence-electron chi connectivity index (χ2n) is 6.89. The van der Waals surface area contributed by atoms with E-state index in [1.165, 1.54) is 12.1 Å². The third kappa shape index (κ3) is 2.68. The van der Waals surface area contributed by atoms with E-state index in [4.69, 9.17) is 12.2 Å². The summed E-state index contributed by atoms with van der Waals surface area (Å²) in [4.78, 5) is 24.7. The van der Waals surface area contributed by atoms with Crippen molar-refractivity contribution < 1.29 is 9.72 Å². The van der Waals surface area contributed by atoms with E-state index in [-0.39, 0.29) is 17.4 Å². The number of nitrogens with zero attached hydrogens (tertiary/aromatic N) is 1. The summed E-state index contributed by atoms with van der Waals surface area (Å²) in [5.41, 5.74) is 5.69. The Morgan fingerprint density at radius 1 is 1.14 bits per heavy atom. The molecule has 0 saturated carbocycles. The molecule has 0 fully saturated rings. The second-order valence-corrected chi connectivity index (χ2v) is 7.38. The molecule has 2 aromatic rings. The maximum Gasteiger partial charge on any atom is 0.269 e. The molecule has 1 aliphatic heterocycles. The van der Waals surface area contributed by atoms with Crippen molar-refractivity contribution >= 4 is 34.3 Å². The summed E-state index contributed by atoms with van der Waals surface area (Å²) in [6.45, 7) is 3.95. The molecule has 0 saturated heterocycles. The lowest BCUT2D eigenvalue weighted by Gasteiger charge is -2.30. The second kappa shape index (κ2) is 6.80.